The summed E-state index contributed by atoms with van der Waals surface area (Å²) in [5, 5.41) is 7.68. The lowest BCUT2D eigenvalue weighted by molar-refractivity contribution is 0.0731. The fraction of sp³-hybridized carbons (Fsp3) is 0.526. The Morgan fingerprint density at radius 1 is 1.25 bits per heavy atom. The van der Waals surface area contributed by atoms with Gasteiger partial charge in [-0.3, -0.25) is 4.99 Å². The Morgan fingerprint density at radius 3 is 2.82 bits per heavy atom. The topological polar surface area (TPSA) is 98.8 Å². The molecule has 1 fully saturated rings. The maximum Gasteiger partial charge on any atom is 0.216 e. The molecule has 8 nitrogen and oxygen atoms in total. The highest BCUT2D eigenvalue weighted by atomic mass is 32.2. The number of sulfonamides is 1. The average molecular weight is 408 g/mol. The molecule has 1 aromatic heterocycles. The Bertz CT molecular complexity index is 888. The third-order valence-corrected chi connectivity index (χ3v) is 6.54. The third-order valence-electron chi connectivity index (χ3n) is 4.69. The van der Waals surface area contributed by atoms with E-state index in [2.05, 4.69) is 32.7 Å². The van der Waals surface area contributed by atoms with Crippen molar-refractivity contribution in [2.24, 2.45) is 4.99 Å². The van der Waals surface area contributed by atoms with Gasteiger partial charge in [0.2, 0.25) is 10.0 Å². The Kier molecular flexibility index (Phi) is 7.30. The highest BCUT2D eigenvalue weighted by molar-refractivity contribution is 7.89. The van der Waals surface area contributed by atoms with Crippen LogP contribution in [0.25, 0.3) is 10.9 Å². The minimum Gasteiger partial charge on any atom is -0.379 e. The van der Waals surface area contributed by atoms with Crippen LogP contribution in [0.3, 0.4) is 0 Å². The summed E-state index contributed by atoms with van der Waals surface area (Å²) in [5.41, 5.74) is 2.38. The molecule has 154 valence electrons. The number of hydrogen-bond donors (Lipinski definition) is 3. The van der Waals surface area contributed by atoms with Crippen LogP contribution in [0, 0.1) is 0 Å². The zero-order valence-electron chi connectivity index (χ0n) is 16.3. The van der Waals surface area contributed by atoms with Crippen molar-refractivity contribution in [2.75, 3.05) is 51.7 Å². The van der Waals surface area contributed by atoms with Gasteiger partial charge in [-0.1, -0.05) is 18.2 Å². The molecule has 0 atom stereocenters. The molecular weight excluding hydrogens is 378 g/mol. The van der Waals surface area contributed by atoms with Gasteiger partial charge in [0.15, 0.2) is 5.96 Å². The average Bonchev–Trinajstić information content (AvgIpc) is 3.12. The molecule has 0 amide bonds. The fourth-order valence-corrected chi connectivity index (χ4v) is 4.51. The molecule has 0 radical (unpaired) electrons. The standard InChI is InChI=1S/C19H29N5O3S/c1-2-20-19(22-9-14-28(25,26)24-10-12-27-13-11-24)21-8-7-16-15-23-18-6-4-3-5-17(16)18/h3-6,15,23H,2,7-14H2,1H3,(H2,20,21,22). The van der Waals surface area contributed by atoms with Crippen LogP contribution in [0.15, 0.2) is 35.5 Å². The monoisotopic (exact) mass is 407 g/mol. The molecule has 28 heavy (non-hydrogen) atoms. The van der Waals surface area contributed by atoms with Crippen molar-refractivity contribution in [1.82, 2.24) is 19.9 Å². The van der Waals surface area contributed by atoms with Crippen molar-refractivity contribution in [2.45, 2.75) is 13.3 Å². The molecule has 3 rings (SSSR count). The first-order valence-corrected chi connectivity index (χ1v) is 11.3. The van der Waals surface area contributed by atoms with Crippen molar-refractivity contribution in [3.8, 4) is 0 Å². The number of aliphatic imine (C=N–C) groups is 1. The number of morpholine rings is 1. The number of aromatic nitrogens is 1. The molecular formula is C19H29N5O3S. The maximum atomic E-state index is 12.4. The van der Waals surface area contributed by atoms with Gasteiger partial charge in [0.25, 0.3) is 0 Å². The number of aromatic amines is 1. The van der Waals surface area contributed by atoms with Gasteiger partial charge in [-0.15, -0.1) is 0 Å². The van der Waals surface area contributed by atoms with Crippen LogP contribution in [-0.2, 0) is 21.2 Å². The summed E-state index contributed by atoms with van der Waals surface area (Å²) in [6, 6.07) is 8.22. The zero-order chi connectivity index (χ0) is 19.8. The van der Waals surface area contributed by atoms with Crippen LogP contribution in [0.1, 0.15) is 12.5 Å². The Balaban J connectivity index is 1.51. The first-order chi connectivity index (χ1) is 13.6. The lowest BCUT2D eigenvalue weighted by Gasteiger charge is -2.25. The lowest BCUT2D eigenvalue weighted by atomic mass is 10.1. The van der Waals surface area contributed by atoms with E-state index in [4.69, 9.17) is 4.74 Å². The number of nitrogens with zero attached hydrogens (tertiary/aromatic N) is 2. The SMILES string of the molecule is CCNC(=NCCS(=O)(=O)N1CCOCC1)NCCc1c[nH]c2ccccc12. The second-order valence-electron chi connectivity index (χ2n) is 6.62. The second-order valence-corrected chi connectivity index (χ2v) is 8.71. The molecule has 1 aliphatic rings. The Labute approximate surface area is 166 Å². The minimum absolute atomic E-state index is 0.00597. The van der Waals surface area contributed by atoms with E-state index in [-0.39, 0.29) is 12.3 Å². The minimum atomic E-state index is -3.29. The van der Waals surface area contributed by atoms with E-state index >= 15 is 0 Å². The van der Waals surface area contributed by atoms with Crippen LogP contribution in [0.2, 0.25) is 0 Å². The lowest BCUT2D eigenvalue weighted by Crippen LogP contribution is -2.42. The number of guanidine groups is 1. The summed E-state index contributed by atoms with van der Waals surface area (Å²) in [7, 11) is -3.29. The van der Waals surface area contributed by atoms with Crippen LogP contribution >= 0.6 is 0 Å². The van der Waals surface area contributed by atoms with Gasteiger partial charge in [0.1, 0.15) is 0 Å². The highest BCUT2D eigenvalue weighted by Crippen LogP contribution is 2.17. The number of ether oxygens (including phenoxy) is 1. The highest BCUT2D eigenvalue weighted by Gasteiger charge is 2.23. The summed E-state index contributed by atoms with van der Waals surface area (Å²) in [4.78, 5) is 7.70. The molecule has 1 aromatic carbocycles. The van der Waals surface area contributed by atoms with Gasteiger partial charge in [0, 0.05) is 43.3 Å². The van der Waals surface area contributed by atoms with Crippen molar-refractivity contribution >= 4 is 26.9 Å². The van der Waals surface area contributed by atoms with Crippen LogP contribution in [0.5, 0.6) is 0 Å². The first kappa shape index (κ1) is 20.6. The molecule has 2 aromatic rings. The molecule has 1 saturated heterocycles. The predicted octanol–water partition coefficient (Wildman–Crippen LogP) is 0.928. The third kappa shape index (κ3) is 5.46. The number of nitrogens with one attached hydrogen (secondary N) is 3. The van der Waals surface area contributed by atoms with E-state index in [1.165, 1.54) is 15.3 Å². The Hall–Kier alpha value is -2.10. The van der Waals surface area contributed by atoms with Crippen molar-refractivity contribution < 1.29 is 13.2 Å². The summed E-state index contributed by atoms with van der Waals surface area (Å²) >= 11 is 0. The smallest absolute Gasteiger partial charge is 0.216 e. The molecule has 2 heterocycles. The molecule has 0 bridgehead atoms. The van der Waals surface area contributed by atoms with Gasteiger partial charge in [0.05, 0.1) is 25.5 Å². The number of fused-ring (bicyclic) bond motifs is 1. The largest absolute Gasteiger partial charge is 0.379 e. The van der Waals surface area contributed by atoms with Crippen molar-refractivity contribution in [3.05, 3.63) is 36.0 Å². The zero-order valence-corrected chi connectivity index (χ0v) is 17.1. The van der Waals surface area contributed by atoms with Gasteiger partial charge in [-0.05, 0) is 25.0 Å². The normalized spacial score (nSPS) is 16.4. The van der Waals surface area contributed by atoms with Crippen LogP contribution in [0.4, 0.5) is 0 Å². The van der Waals surface area contributed by atoms with E-state index in [0.29, 0.717) is 38.8 Å². The number of hydrogen-bond acceptors (Lipinski definition) is 4. The van der Waals surface area contributed by atoms with Gasteiger partial charge in [-0.2, -0.15) is 4.31 Å². The summed E-state index contributed by atoms with van der Waals surface area (Å²) in [6.45, 7) is 5.41. The molecule has 0 saturated carbocycles. The van der Waals surface area contributed by atoms with Crippen molar-refractivity contribution in [3.63, 3.8) is 0 Å². The molecule has 0 unspecified atom stereocenters. The molecule has 0 spiro atoms. The van der Waals surface area contributed by atoms with Gasteiger partial charge >= 0.3 is 0 Å². The molecule has 3 N–H and O–H groups in total. The van der Waals surface area contributed by atoms with Crippen molar-refractivity contribution in [1.29, 1.82) is 0 Å². The second kappa shape index (κ2) is 9.90. The first-order valence-electron chi connectivity index (χ1n) is 9.73. The van der Waals surface area contributed by atoms with E-state index in [1.54, 1.807) is 0 Å². The van der Waals surface area contributed by atoms with E-state index in [1.807, 2.05) is 25.3 Å². The van der Waals surface area contributed by atoms with Gasteiger partial charge in [-0.25, -0.2) is 8.42 Å². The van der Waals surface area contributed by atoms with Crippen LogP contribution < -0.4 is 10.6 Å². The summed E-state index contributed by atoms with van der Waals surface area (Å²) in [5.74, 6) is 0.644. The quantitative estimate of drug-likeness (QED) is 0.447. The predicted molar refractivity (Wildman–Crippen MR) is 112 cm³/mol. The van der Waals surface area contributed by atoms with Crippen LogP contribution in [-0.4, -0.2) is 75.4 Å². The number of rotatable bonds is 8. The van der Waals surface area contributed by atoms with E-state index in [0.717, 1.165) is 18.5 Å². The molecule has 1 aliphatic heterocycles. The summed E-state index contributed by atoms with van der Waals surface area (Å²) in [6.07, 6.45) is 2.88. The Morgan fingerprint density at radius 2 is 2.04 bits per heavy atom. The maximum absolute atomic E-state index is 12.4. The molecule has 9 heteroatoms. The molecule has 0 aliphatic carbocycles. The van der Waals surface area contributed by atoms with E-state index < -0.39 is 10.0 Å². The van der Waals surface area contributed by atoms with E-state index in [9.17, 15) is 8.42 Å². The number of para-hydroxylation sites is 1. The van der Waals surface area contributed by atoms with Gasteiger partial charge < -0.3 is 20.4 Å². The number of H-pyrrole nitrogens is 1. The summed E-state index contributed by atoms with van der Waals surface area (Å²) < 4.78 is 31.5. The number of benzene rings is 1. The fourth-order valence-electron chi connectivity index (χ4n) is 3.22.